The van der Waals surface area contributed by atoms with E-state index in [9.17, 15) is 14.7 Å². The van der Waals surface area contributed by atoms with Crippen molar-refractivity contribution in [2.45, 2.75) is 26.8 Å². The molecule has 0 saturated heterocycles. The van der Waals surface area contributed by atoms with E-state index in [2.05, 4.69) is 4.98 Å². The van der Waals surface area contributed by atoms with Gasteiger partial charge in [0.05, 0.1) is 34.3 Å². The molecule has 0 spiro atoms. The largest absolute Gasteiger partial charge is 0.503 e. The minimum Gasteiger partial charge on any atom is -0.503 e. The van der Waals surface area contributed by atoms with Crippen molar-refractivity contribution in [3.63, 3.8) is 0 Å². The Bertz CT molecular complexity index is 1230. The molecule has 1 N–H and O–H groups in total. The molecule has 4 rings (SSSR count). The van der Waals surface area contributed by atoms with Gasteiger partial charge in [-0.2, -0.15) is 0 Å². The van der Waals surface area contributed by atoms with Gasteiger partial charge in [-0.3, -0.25) is 14.5 Å². The number of amides is 1. The Morgan fingerprint density at radius 2 is 1.77 bits per heavy atom. The van der Waals surface area contributed by atoms with E-state index in [1.807, 2.05) is 44.2 Å². The highest BCUT2D eigenvalue weighted by Crippen LogP contribution is 2.45. The van der Waals surface area contributed by atoms with E-state index in [1.54, 1.807) is 25.1 Å². The van der Waals surface area contributed by atoms with Crippen LogP contribution in [0.5, 0.6) is 5.75 Å². The molecule has 1 aliphatic heterocycles. The van der Waals surface area contributed by atoms with Crippen molar-refractivity contribution in [2.75, 3.05) is 12.0 Å². The zero-order valence-corrected chi connectivity index (χ0v) is 18.5. The zero-order chi connectivity index (χ0) is 22.3. The molecule has 0 aliphatic carbocycles. The Kier molecular flexibility index (Phi) is 5.37. The predicted octanol–water partition coefficient (Wildman–Crippen LogP) is 4.86. The fraction of sp³-hybridized carbons (Fsp3) is 0.208. The molecule has 0 radical (unpaired) electrons. The number of aryl methyl sites for hydroxylation is 3. The van der Waals surface area contributed by atoms with Crippen LogP contribution in [0.1, 0.15) is 37.5 Å². The number of para-hydroxylation sites is 2. The number of nitrogens with zero attached hydrogens (tertiary/aromatic N) is 2. The summed E-state index contributed by atoms with van der Waals surface area (Å²) < 4.78 is 5.54. The summed E-state index contributed by atoms with van der Waals surface area (Å²) in [6.45, 7) is 5.46. The number of methoxy groups -OCH3 is 1. The summed E-state index contributed by atoms with van der Waals surface area (Å²) in [6.07, 6.45) is 0. The van der Waals surface area contributed by atoms with Crippen molar-refractivity contribution >= 4 is 28.7 Å². The molecule has 0 saturated carbocycles. The number of ketones is 1. The van der Waals surface area contributed by atoms with E-state index in [0.29, 0.717) is 27.6 Å². The molecule has 1 aliphatic rings. The van der Waals surface area contributed by atoms with Crippen molar-refractivity contribution < 1.29 is 19.4 Å². The summed E-state index contributed by atoms with van der Waals surface area (Å²) in [4.78, 5) is 33.1. The van der Waals surface area contributed by atoms with E-state index in [4.69, 9.17) is 4.74 Å². The molecule has 1 amide bonds. The highest BCUT2D eigenvalue weighted by molar-refractivity contribution is 7.14. The number of benzene rings is 2. The van der Waals surface area contributed by atoms with Gasteiger partial charge in [0.1, 0.15) is 5.75 Å². The molecule has 1 aromatic heterocycles. The number of aromatic nitrogens is 1. The fourth-order valence-corrected chi connectivity index (χ4v) is 4.84. The smallest absolute Gasteiger partial charge is 0.294 e. The van der Waals surface area contributed by atoms with Crippen LogP contribution >= 0.6 is 11.3 Å². The van der Waals surface area contributed by atoms with Gasteiger partial charge in [0.2, 0.25) is 5.78 Å². The van der Waals surface area contributed by atoms with Gasteiger partial charge in [0, 0.05) is 11.3 Å². The first kappa shape index (κ1) is 20.8. The third kappa shape index (κ3) is 3.41. The molecule has 1 unspecified atom stereocenters. The van der Waals surface area contributed by atoms with E-state index in [1.165, 1.54) is 23.3 Å². The lowest BCUT2D eigenvalue weighted by molar-refractivity contribution is -0.117. The van der Waals surface area contributed by atoms with Crippen molar-refractivity contribution in [1.29, 1.82) is 0 Å². The molecule has 2 heterocycles. The van der Waals surface area contributed by atoms with Crippen molar-refractivity contribution in [3.8, 4) is 5.75 Å². The number of carbonyl (C=O) groups excluding carboxylic acids is 2. The lowest BCUT2D eigenvalue weighted by Crippen LogP contribution is -2.31. The molecule has 3 aromatic rings. The molecule has 1 atom stereocenters. The number of anilines is 1. The standard InChI is InChI=1S/C24H22N2O4S/c1-13-9-5-7-11-17(13)26-20(16-10-6-8-12-18(16)30-4)19(22(28)24(26)29)21(27)23-14(2)25-15(3)31-23/h5-12,20,28H,1-4H3. The van der Waals surface area contributed by atoms with Crippen LogP contribution in [-0.2, 0) is 4.79 Å². The maximum atomic E-state index is 13.6. The van der Waals surface area contributed by atoms with Gasteiger partial charge in [0.25, 0.3) is 5.91 Å². The van der Waals surface area contributed by atoms with Crippen LogP contribution in [0.15, 0.2) is 59.9 Å². The molecule has 2 aromatic carbocycles. The number of rotatable bonds is 5. The third-order valence-corrected chi connectivity index (χ3v) is 6.44. The first-order valence-corrected chi connectivity index (χ1v) is 10.6. The molecule has 6 nitrogen and oxygen atoms in total. The lowest BCUT2D eigenvalue weighted by atomic mass is 9.94. The second-order valence-electron chi connectivity index (χ2n) is 7.34. The molecular weight excluding hydrogens is 412 g/mol. The highest BCUT2D eigenvalue weighted by atomic mass is 32.1. The normalized spacial score (nSPS) is 16.2. The van der Waals surface area contributed by atoms with Crippen molar-refractivity contribution in [3.05, 3.63) is 86.6 Å². The van der Waals surface area contributed by atoms with Crippen LogP contribution < -0.4 is 9.64 Å². The summed E-state index contributed by atoms with van der Waals surface area (Å²) in [7, 11) is 1.54. The molecule has 31 heavy (non-hydrogen) atoms. The molecular formula is C24H22N2O4S. The Morgan fingerprint density at radius 3 is 2.42 bits per heavy atom. The van der Waals surface area contributed by atoms with Gasteiger partial charge >= 0.3 is 0 Å². The quantitative estimate of drug-likeness (QED) is 0.580. The van der Waals surface area contributed by atoms with E-state index >= 15 is 0 Å². The number of ether oxygens (including phenoxy) is 1. The van der Waals surface area contributed by atoms with Gasteiger partial charge in [-0.15, -0.1) is 11.3 Å². The average Bonchev–Trinajstić information content (AvgIpc) is 3.23. The van der Waals surface area contributed by atoms with Crippen LogP contribution in [0.25, 0.3) is 0 Å². The van der Waals surface area contributed by atoms with Gasteiger partial charge < -0.3 is 9.84 Å². The number of thiazole rings is 1. The zero-order valence-electron chi connectivity index (χ0n) is 17.7. The minimum absolute atomic E-state index is 0.0319. The molecule has 0 fully saturated rings. The summed E-state index contributed by atoms with van der Waals surface area (Å²) in [6, 6.07) is 13.8. The second kappa shape index (κ2) is 8.00. The number of aliphatic hydroxyl groups is 1. The monoisotopic (exact) mass is 434 g/mol. The predicted molar refractivity (Wildman–Crippen MR) is 120 cm³/mol. The van der Waals surface area contributed by atoms with Gasteiger partial charge in [-0.25, -0.2) is 4.98 Å². The molecule has 158 valence electrons. The maximum Gasteiger partial charge on any atom is 0.294 e. The van der Waals surface area contributed by atoms with E-state index in [0.717, 1.165) is 10.6 Å². The van der Waals surface area contributed by atoms with Crippen LogP contribution in [0.3, 0.4) is 0 Å². The Labute approximate surface area is 184 Å². The Hall–Kier alpha value is -3.45. The number of hydrogen-bond acceptors (Lipinski definition) is 6. The average molecular weight is 435 g/mol. The van der Waals surface area contributed by atoms with Crippen LogP contribution in [0.2, 0.25) is 0 Å². The number of aliphatic hydroxyl groups excluding tert-OH is 1. The Morgan fingerprint density at radius 1 is 1.10 bits per heavy atom. The summed E-state index contributed by atoms with van der Waals surface area (Å²) in [5.74, 6) is -1.04. The highest BCUT2D eigenvalue weighted by Gasteiger charge is 2.46. The van der Waals surface area contributed by atoms with Crippen molar-refractivity contribution in [2.24, 2.45) is 0 Å². The molecule has 7 heteroatoms. The topological polar surface area (TPSA) is 79.7 Å². The number of carbonyl (C=O) groups is 2. The SMILES string of the molecule is COc1ccccc1C1C(C(=O)c2sc(C)nc2C)=C(O)C(=O)N1c1ccccc1C. The second-order valence-corrected chi connectivity index (χ2v) is 8.55. The van der Waals surface area contributed by atoms with Crippen molar-refractivity contribution in [1.82, 2.24) is 4.98 Å². The summed E-state index contributed by atoms with van der Waals surface area (Å²) in [5.41, 5.74) is 2.70. The third-order valence-electron chi connectivity index (χ3n) is 5.37. The van der Waals surface area contributed by atoms with Crippen LogP contribution in [0, 0.1) is 20.8 Å². The number of hydrogen-bond donors (Lipinski definition) is 1. The minimum atomic E-state index is -0.834. The van der Waals surface area contributed by atoms with E-state index in [-0.39, 0.29) is 5.57 Å². The van der Waals surface area contributed by atoms with Gasteiger partial charge in [-0.05, 0) is 38.5 Å². The maximum absolute atomic E-state index is 13.6. The van der Waals surface area contributed by atoms with E-state index < -0.39 is 23.5 Å². The van der Waals surface area contributed by atoms with Gasteiger partial charge in [0.15, 0.2) is 5.76 Å². The Balaban J connectivity index is 1.96. The van der Waals surface area contributed by atoms with Crippen LogP contribution in [0.4, 0.5) is 5.69 Å². The summed E-state index contributed by atoms with van der Waals surface area (Å²) >= 11 is 1.25. The summed E-state index contributed by atoms with van der Waals surface area (Å²) in [5, 5.41) is 11.7. The molecule has 0 bridgehead atoms. The van der Waals surface area contributed by atoms with Gasteiger partial charge in [-0.1, -0.05) is 36.4 Å². The first-order valence-electron chi connectivity index (χ1n) is 9.79. The first-order chi connectivity index (χ1) is 14.8. The van der Waals surface area contributed by atoms with Crippen LogP contribution in [-0.4, -0.2) is 28.9 Å². The number of Topliss-reactive ketones (excluding diaryl/α,β-unsaturated/α-hetero) is 1. The fourth-order valence-electron chi connectivity index (χ4n) is 3.97. The lowest BCUT2D eigenvalue weighted by Gasteiger charge is -2.29.